The van der Waals surface area contributed by atoms with Crippen LogP contribution >= 0.6 is 0 Å². The summed E-state index contributed by atoms with van der Waals surface area (Å²) in [5.74, 6) is -1.02. The molecule has 0 heterocycles. The Balaban J connectivity index is -0.0000000184. The van der Waals surface area contributed by atoms with Gasteiger partial charge in [-0.05, 0) is 138 Å². The van der Waals surface area contributed by atoms with Gasteiger partial charge in [0.25, 0.3) is 0 Å². The Morgan fingerprint density at radius 1 is 0.262 bits per heavy atom. The number of aliphatic carboxylic acids is 1. The first-order valence-electron chi connectivity index (χ1n) is 17.1. The van der Waals surface area contributed by atoms with Gasteiger partial charge >= 0.3 is 5.97 Å². The summed E-state index contributed by atoms with van der Waals surface area (Å²) < 4.78 is 4.47. The predicted octanol–water partition coefficient (Wildman–Crippen LogP) is 5.20. The second-order valence-corrected chi connectivity index (χ2v) is 4.89. The molecule has 22 nitrogen and oxygen atoms in total. The highest BCUT2D eigenvalue weighted by molar-refractivity contribution is 5.79. The lowest BCUT2D eigenvalue weighted by atomic mass is 10.6. The molecule has 0 aliphatic heterocycles. The van der Waals surface area contributed by atoms with Gasteiger partial charge in [-0.25, -0.2) is 102 Å². The monoisotopic (exact) mass is 952 g/mol. The van der Waals surface area contributed by atoms with Crippen LogP contribution in [0.5, 0.6) is 0 Å². The van der Waals surface area contributed by atoms with Crippen LogP contribution in [-0.2, 0) is 107 Å². The zero-order chi connectivity index (χ0) is 57.8. The first kappa shape index (κ1) is 131. The van der Waals surface area contributed by atoms with Crippen LogP contribution in [0.3, 0.4) is 0 Å². The van der Waals surface area contributed by atoms with E-state index >= 15 is 0 Å². The average Bonchev–Trinajstić information content (AvgIpc) is 3.18. The second-order valence-electron chi connectivity index (χ2n) is 4.89. The standard InChI is InChI=1S/C5H7O3.19C2H4O/c1-2-8-4-3-5(6)7;19*1-2-3/h3-4H,1-2H2,(H,6,7);19*1-2H2. The molecule has 0 fully saturated rings. The Labute approximate surface area is 400 Å². The van der Waals surface area contributed by atoms with E-state index in [9.17, 15) is 4.79 Å². The van der Waals surface area contributed by atoms with E-state index in [1.807, 2.05) is 0 Å². The summed E-state index contributed by atoms with van der Waals surface area (Å²) in [5.41, 5.74) is 0. The van der Waals surface area contributed by atoms with Crippen LogP contribution in [0.4, 0.5) is 0 Å². The average molecular weight is 952 g/mol. The fourth-order valence-electron chi connectivity index (χ4n) is 0.174. The number of hydrogen-bond donors (Lipinski definition) is 1. The van der Waals surface area contributed by atoms with Crippen molar-refractivity contribution in [1.82, 2.24) is 0 Å². The summed E-state index contributed by atoms with van der Waals surface area (Å²) in [4.78, 5) is 9.69. The molecule has 0 aliphatic carbocycles. The lowest BCUT2D eigenvalue weighted by Gasteiger charge is -1.87. The normalized spacial score (nSPS) is 6.45. The SMILES string of the molecule is [CH2]COC=CC(=O)O.[CH2]C[O].[CH2]C[O].[CH2]C[O].[CH2]C[O].[CH2]C[O].[CH2]C[O].[CH2]C[O].[CH2]C[O].[CH2]C[O].[CH2]C[O].[CH2]C[O].[CH2]C[O].[CH2]C[O].[CH2]C[O].[CH2]C[O].[CH2]C[O].[CH2]C[O].[CH2]C[O].[CH2]C[O]. The lowest BCUT2D eigenvalue weighted by Crippen LogP contribution is -1.87. The van der Waals surface area contributed by atoms with E-state index in [1.165, 1.54) is 0 Å². The second kappa shape index (κ2) is 397. The Morgan fingerprint density at radius 2 is 0.338 bits per heavy atom. The van der Waals surface area contributed by atoms with Crippen molar-refractivity contribution in [1.29, 1.82) is 0 Å². The molecule has 0 aromatic carbocycles. The summed E-state index contributed by atoms with van der Waals surface area (Å²) in [6.45, 7) is 54.5. The van der Waals surface area contributed by atoms with Crippen LogP contribution in [0.15, 0.2) is 12.3 Å². The van der Waals surface area contributed by atoms with Gasteiger partial charge in [0.15, 0.2) is 0 Å². The fourth-order valence-corrected chi connectivity index (χ4v) is 0.174. The Bertz CT molecular complexity index is 291. The number of carboxylic acids is 1. The highest BCUT2D eigenvalue weighted by Gasteiger charge is 1.81. The molecule has 65 heavy (non-hydrogen) atoms. The van der Waals surface area contributed by atoms with E-state index in [4.69, 9.17) is 102 Å². The molecule has 387 valence electrons. The Morgan fingerprint density at radius 3 is 0.385 bits per heavy atom. The molecule has 1 N–H and O–H groups in total. The Hall–Kier alpha value is -1.75. The fraction of sp³-hybridized carbons (Fsp3) is 0.465. The molecule has 0 saturated carbocycles. The van der Waals surface area contributed by atoms with E-state index < -0.39 is 5.97 Å². The van der Waals surface area contributed by atoms with Gasteiger partial charge in [-0.15, -0.1) is 0 Å². The number of carbonyl (C=O) groups is 1. The van der Waals surface area contributed by atoms with Crippen molar-refractivity contribution >= 4 is 5.97 Å². The third-order valence-corrected chi connectivity index (χ3v) is 0.425. The third-order valence-electron chi connectivity index (χ3n) is 0.425. The van der Waals surface area contributed by atoms with Gasteiger partial charge in [0.05, 0.1) is 144 Å². The van der Waals surface area contributed by atoms with Crippen LogP contribution in [0, 0.1) is 138 Å². The molecule has 0 bridgehead atoms. The van der Waals surface area contributed by atoms with E-state index in [0.29, 0.717) is 0 Å². The van der Waals surface area contributed by atoms with Crippen LogP contribution in [0.1, 0.15) is 0 Å². The number of carboxylic acid groups (broad SMARTS) is 1. The van der Waals surface area contributed by atoms with Gasteiger partial charge in [0.2, 0.25) is 0 Å². The molecule has 0 aromatic rings. The summed E-state index contributed by atoms with van der Waals surface area (Å²) >= 11 is 0. The minimum atomic E-state index is -1.02. The van der Waals surface area contributed by atoms with Gasteiger partial charge < -0.3 is 9.84 Å². The summed E-state index contributed by atoms with van der Waals surface area (Å²) in [6.07, 6.45) is 2.00. The van der Waals surface area contributed by atoms with Crippen molar-refractivity contribution in [2.75, 3.05) is 132 Å². The van der Waals surface area contributed by atoms with Gasteiger partial charge in [-0.3, -0.25) is 0 Å². The van der Waals surface area contributed by atoms with Crippen LogP contribution in [0.25, 0.3) is 0 Å². The van der Waals surface area contributed by atoms with Crippen molar-refractivity contribution in [3.8, 4) is 0 Å². The molecule has 22 heteroatoms. The highest BCUT2D eigenvalue weighted by Crippen LogP contribution is 1.74. The smallest absolute Gasteiger partial charge is 0.331 e. The van der Waals surface area contributed by atoms with Gasteiger partial charge in [-0.1, -0.05) is 0 Å². The van der Waals surface area contributed by atoms with Crippen LogP contribution in [0.2, 0.25) is 0 Å². The maximum Gasteiger partial charge on any atom is 0.331 e. The molecule has 0 spiro atoms. The van der Waals surface area contributed by atoms with Crippen molar-refractivity contribution in [2.45, 2.75) is 0 Å². The van der Waals surface area contributed by atoms with Crippen LogP contribution < -0.4 is 0 Å². The molecule has 0 aliphatic rings. The van der Waals surface area contributed by atoms with Crippen molar-refractivity contribution in [3.63, 3.8) is 0 Å². The summed E-state index contributed by atoms with van der Waals surface area (Å²) in [5, 5.41) is 176. The van der Waals surface area contributed by atoms with E-state index in [0.717, 1.165) is 12.3 Å². The first-order valence-corrected chi connectivity index (χ1v) is 17.1. The zero-order valence-corrected chi connectivity index (χ0v) is 39.0. The number of rotatable bonds is 3. The molecular weight excluding hydrogens is 868 g/mol. The molecule has 0 saturated heterocycles. The minimum Gasteiger partial charge on any atom is -0.501 e. The summed E-state index contributed by atoms with van der Waals surface area (Å²) in [7, 11) is 0. The lowest BCUT2D eigenvalue weighted by molar-refractivity contribution is -0.131. The largest absolute Gasteiger partial charge is 0.501 e. The molecular formula is C43H83O22. The molecule has 0 aromatic heterocycles. The quantitative estimate of drug-likeness (QED) is 0.294. The molecule has 0 amide bonds. The first-order chi connectivity index (χ1) is 30.6. The zero-order valence-electron chi connectivity index (χ0n) is 39.0. The van der Waals surface area contributed by atoms with E-state index in [1.54, 1.807) is 0 Å². The highest BCUT2D eigenvalue weighted by atomic mass is 16.5. The number of ether oxygens (including phenoxy) is 1. The van der Waals surface area contributed by atoms with E-state index in [-0.39, 0.29) is 132 Å². The molecule has 39 radical (unpaired) electrons. The maximum atomic E-state index is 9.69. The predicted molar refractivity (Wildman–Crippen MR) is 235 cm³/mol. The third kappa shape index (κ3) is 21400. The summed E-state index contributed by atoms with van der Waals surface area (Å²) in [6, 6.07) is 0. The number of hydrogen-bond acceptors (Lipinski definition) is 2. The van der Waals surface area contributed by atoms with Crippen molar-refractivity contribution in [2.24, 2.45) is 0 Å². The maximum absolute atomic E-state index is 9.69. The van der Waals surface area contributed by atoms with Crippen LogP contribution in [-0.4, -0.2) is 143 Å². The molecule has 0 atom stereocenters. The van der Waals surface area contributed by atoms with Gasteiger partial charge in [0, 0.05) is 0 Å². The van der Waals surface area contributed by atoms with Gasteiger partial charge in [0.1, 0.15) is 0 Å². The topological polar surface area (TPSA) is 425 Å². The van der Waals surface area contributed by atoms with E-state index in [2.05, 4.69) is 143 Å². The minimum absolute atomic E-state index is 0.250. The Kier molecular flexibility index (Phi) is 801. The van der Waals surface area contributed by atoms with Crippen molar-refractivity contribution in [3.05, 3.63) is 151 Å². The van der Waals surface area contributed by atoms with Gasteiger partial charge in [-0.2, -0.15) is 0 Å². The van der Waals surface area contributed by atoms with Crippen molar-refractivity contribution < 1.29 is 112 Å². The molecule has 0 unspecified atom stereocenters. The molecule has 0 rings (SSSR count).